The maximum atomic E-state index is 11.2. The van der Waals surface area contributed by atoms with Crippen LogP contribution in [0.25, 0.3) is 0 Å². The van der Waals surface area contributed by atoms with Crippen molar-refractivity contribution in [3.8, 4) is 0 Å². The van der Waals surface area contributed by atoms with E-state index in [9.17, 15) is 16.8 Å². The molecular weight excluding hydrogens is 244 g/mol. The van der Waals surface area contributed by atoms with Gasteiger partial charge in [-0.15, -0.1) is 0 Å². The SMILES string of the molecule is CNS(=O)(=O)N(C)CN(C)S(=O)(=O)NC. The van der Waals surface area contributed by atoms with Gasteiger partial charge in [-0.3, -0.25) is 0 Å². The zero-order valence-electron chi connectivity index (χ0n) is 9.05. The first-order chi connectivity index (χ1) is 6.67. The summed E-state index contributed by atoms with van der Waals surface area (Å²) in [7, 11) is -2.19. The summed E-state index contributed by atoms with van der Waals surface area (Å²) in [5.74, 6) is 0. The summed E-state index contributed by atoms with van der Waals surface area (Å²) < 4.78 is 50.8. The lowest BCUT2D eigenvalue weighted by Crippen LogP contribution is -2.46. The van der Waals surface area contributed by atoms with Crippen molar-refractivity contribution in [3.63, 3.8) is 0 Å². The predicted octanol–water partition coefficient (Wildman–Crippen LogP) is -2.26. The smallest absolute Gasteiger partial charge is 0.205 e. The van der Waals surface area contributed by atoms with E-state index in [0.717, 1.165) is 8.61 Å². The van der Waals surface area contributed by atoms with Crippen molar-refractivity contribution in [2.75, 3.05) is 34.9 Å². The third-order valence-electron chi connectivity index (χ3n) is 1.73. The molecular formula is C5H16N4O4S2. The van der Waals surface area contributed by atoms with Gasteiger partial charge >= 0.3 is 0 Å². The standard InChI is InChI=1S/C5H16N4O4S2/c1-6-14(10,11)8(3)5-9(4)15(12,13)7-2/h6-7H,5H2,1-4H3. The molecule has 0 aliphatic heterocycles. The highest BCUT2D eigenvalue weighted by atomic mass is 32.2. The van der Waals surface area contributed by atoms with Gasteiger partial charge < -0.3 is 0 Å². The van der Waals surface area contributed by atoms with Crippen LogP contribution in [-0.2, 0) is 20.4 Å². The van der Waals surface area contributed by atoms with Gasteiger partial charge in [0.05, 0.1) is 6.67 Å². The van der Waals surface area contributed by atoms with Crippen molar-refractivity contribution in [1.82, 2.24) is 18.1 Å². The quantitative estimate of drug-likeness (QED) is 0.526. The summed E-state index contributed by atoms with van der Waals surface area (Å²) in [6.07, 6.45) is 0. The summed E-state index contributed by atoms with van der Waals surface area (Å²) >= 11 is 0. The zero-order chi connectivity index (χ0) is 12.3. The van der Waals surface area contributed by atoms with E-state index >= 15 is 0 Å². The van der Waals surface area contributed by atoms with Gasteiger partial charge in [-0.25, -0.2) is 9.44 Å². The van der Waals surface area contributed by atoms with Gasteiger partial charge in [0.25, 0.3) is 20.4 Å². The molecule has 10 heteroatoms. The molecule has 0 rings (SSSR count). The van der Waals surface area contributed by atoms with E-state index in [-0.39, 0.29) is 6.67 Å². The molecule has 0 fully saturated rings. The Bertz CT molecular complexity index is 351. The molecule has 0 atom stereocenters. The first kappa shape index (κ1) is 14.7. The average Bonchev–Trinajstić information content (AvgIpc) is 2.17. The van der Waals surface area contributed by atoms with Gasteiger partial charge in [-0.2, -0.15) is 25.4 Å². The molecule has 0 radical (unpaired) electrons. The van der Waals surface area contributed by atoms with Crippen LogP contribution < -0.4 is 9.44 Å². The summed E-state index contributed by atoms with van der Waals surface area (Å²) in [5.41, 5.74) is 0. The van der Waals surface area contributed by atoms with Crippen molar-refractivity contribution in [1.29, 1.82) is 0 Å². The Labute approximate surface area is 90.6 Å². The maximum absolute atomic E-state index is 11.2. The molecule has 0 saturated carbocycles. The van der Waals surface area contributed by atoms with Crippen LogP contribution in [0.15, 0.2) is 0 Å². The van der Waals surface area contributed by atoms with Crippen LogP contribution in [0.5, 0.6) is 0 Å². The Balaban J connectivity index is 4.65. The molecule has 0 aliphatic carbocycles. The normalized spacial score (nSPS) is 13.7. The second kappa shape index (κ2) is 5.18. The van der Waals surface area contributed by atoms with Crippen LogP contribution in [0.4, 0.5) is 0 Å². The third kappa shape index (κ3) is 4.01. The fourth-order valence-corrected chi connectivity index (χ4v) is 2.09. The minimum Gasteiger partial charge on any atom is -0.205 e. The number of nitrogens with one attached hydrogen (secondary N) is 2. The molecule has 0 aliphatic rings. The summed E-state index contributed by atoms with van der Waals surface area (Å²) in [6, 6.07) is 0. The largest absolute Gasteiger partial charge is 0.280 e. The van der Waals surface area contributed by atoms with Crippen molar-refractivity contribution in [3.05, 3.63) is 0 Å². The second-order valence-electron chi connectivity index (χ2n) is 2.76. The molecule has 0 aromatic carbocycles. The van der Waals surface area contributed by atoms with E-state index in [2.05, 4.69) is 9.44 Å². The van der Waals surface area contributed by atoms with Gasteiger partial charge in [0, 0.05) is 28.2 Å². The molecule has 0 aromatic heterocycles. The van der Waals surface area contributed by atoms with E-state index in [1.54, 1.807) is 0 Å². The van der Waals surface area contributed by atoms with E-state index in [4.69, 9.17) is 0 Å². The van der Waals surface area contributed by atoms with Crippen LogP contribution in [0, 0.1) is 0 Å². The Morgan fingerprint density at radius 3 is 1.33 bits per heavy atom. The van der Waals surface area contributed by atoms with Gasteiger partial charge in [-0.1, -0.05) is 0 Å². The zero-order valence-corrected chi connectivity index (χ0v) is 10.7. The van der Waals surface area contributed by atoms with Crippen LogP contribution in [0.1, 0.15) is 0 Å². The second-order valence-corrected chi connectivity index (χ2v) is 6.72. The van der Waals surface area contributed by atoms with Gasteiger partial charge in [0.1, 0.15) is 0 Å². The van der Waals surface area contributed by atoms with E-state index in [1.807, 2.05) is 0 Å². The lowest BCUT2D eigenvalue weighted by atomic mass is 11.0. The highest BCUT2D eigenvalue weighted by molar-refractivity contribution is 7.87. The van der Waals surface area contributed by atoms with Crippen molar-refractivity contribution in [2.24, 2.45) is 0 Å². The van der Waals surface area contributed by atoms with Crippen molar-refractivity contribution < 1.29 is 16.8 Å². The van der Waals surface area contributed by atoms with Crippen molar-refractivity contribution >= 4 is 20.4 Å². The Kier molecular flexibility index (Phi) is 5.09. The Hall–Kier alpha value is -0.260. The molecule has 0 aromatic rings. The van der Waals surface area contributed by atoms with Crippen molar-refractivity contribution in [2.45, 2.75) is 0 Å². The monoisotopic (exact) mass is 260 g/mol. The van der Waals surface area contributed by atoms with E-state index in [0.29, 0.717) is 0 Å². The topological polar surface area (TPSA) is 98.8 Å². The molecule has 0 bridgehead atoms. The first-order valence-electron chi connectivity index (χ1n) is 3.97. The molecule has 0 heterocycles. The van der Waals surface area contributed by atoms with Crippen LogP contribution in [-0.4, -0.2) is 60.3 Å². The fraction of sp³-hybridized carbons (Fsp3) is 1.00. The summed E-state index contributed by atoms with van der Waals surface area (Å²) in [4.78, 5) is 0. The summed E-state index contributed by atoms with van der Waals surface area (Å²) in [6.45, 7) is -0.271. The molecule has 0 spiro atoms. The highest BCUT2D eigenvalue weighted by Crippen LogP contribution is 1.98. The van der Waals surface area contributed by atoms with Gasteiger partial charge in [0.15, 0.2) is 0 Å². The van der Waals surface area contributed by atoms with Crippen LogP contribution >= 0.6 is 0 Å². The summed E-state index contributed by atoms with van der Waals surface area (Å²) in [5, 5.41) is 0. The van der Waals surface area contributed by atoms with Gasteiger partial charge in [0.2, 0.25) is 0 Å². The fourth-order valence-electron chi connectivity index (χ4n) is 0.744. The first-order valence-corrected chi connectivity index (χ1v) is 6.85. The molecule has 0 unspecified atom stereocenters. The van der Waals surface area contributed by atoms with Crippen LogP contribution in [0.2, 0.25) is 0 Å². The lowest BCUT2D eigenvalue weighted by Gasteiger charge is -2.22. The lowest BCUT2D eigenvalue weighted by molar-refractivity contribution is 0.346. The molecule has 0 saturated heterocycles. The average molecular weight is 260 g/mol. The molecule has 92 valence electrons. The molecule has 15 heavy (non-hydrogen) atoms. The maximum Gasteiger partial charge on any atom is 0.280 e. The molecule has 8 nitrogen and oxygen atoms in total. The molecule has 2 N–H and O–H groups in total. The number of hydrogen-bond acceptors (Lipinski definition) is 4. The third-order valence-corrected chi connectivity index (χ3v) is 4.64. The van der Waals surface area contributed by atoms with Gasteiger partial charge in [-0.05, 0) is 0 Å². The molecule has 0 amide bonds. The predicted molar refractivity (Wildman–Crippen MR) is 56.4 cm³/mol. The van der Waals surface area contributed by atoms with E-state index in [1.165, 1.54) is 28.2 Å². The number of nitrogens with zero attached hydrogens (tertiary/aromatic N) is 2. The Morgan fingerprint density at radius 1 is 0.867 bits per heavy atom. The van der Waals surface area contributed by atoms with E-state index < -0.39 is 20.4 Å². The number of rotatable bonds is 6. The number of hydrogen-bond donors (Lipinski definition) is 2. The Morgan fingerprint density at radius 2 is 1.13 bits per heavy atom. The van der Waals surface area contributed by atoms with Crippen LogP contribution in [0.3, 0.4) is 0 Å². The highest BCUT2D eigenvalue weighted by Gasteiger charge is 2.22. The minimum atomic E-state index is -3.61. The minimum absolute atomic E-state index is 0.271.